The Hall–Kier alpha value is -3.18. The third-order valence-electron chi connectivity index (χ3n) is 6.76. The minimum Gasteiger partial charge on any atom is -0.497 e. The van der Waals surface area contributed by atoms with E-state index in [1.807, 2.05) is 24.3 Å². The van der Waals surface area contributed by atoms with Crippen LogP contribution in [-0.2, 0) is 6.42 Å². The highest BCUT2D eigenvalue weighted by Gasteiger charge is 2.28. The number of hydrogen-bond donors (Lipinski definition) is 0. The lowest BCUT2D eigenvalue weighted by Gasteiger charge is -2.34. The number of benzene rings is 3. The molecule has 1 fully saturated rings. The van der Waals surface area contributed by atoms with Gasteiger partial charge in [-0.1, -0.05) is 30.3 Å². The molecule has 178 valence electrons. The van der Waals surface area contributed by atoms with Crippen molar-refractivity contribution in [1.29, 1.82) is 0 Å². The van der Waals surface area contributed by atoms with E-state index in [0.717, 1.165) is 50.4 Å². The molecule has 3 aromatic rings. The molecule has 0 amide bonds. The van der Waals surface area contributed by atoms with Crippen molar-refractivity contribution in [2.24, 2.45) is 5.92 Å². The van der Waals surface area contributed by atoms with Crippen molar-refractivity contribution >= 4 is 5.78 Å². The number of ketones is 1. The van der Waals surface area contributed by atoms with Crippen LogP contribution >= 0.6 is 0 Å². The molecule has 1 atom stereocenters. The maximum atomic E-state index is 13.2. The van der Waals surface area contributed by atoms with Gasteiger partial charge in [0.25, 0.3) is 0 Å². The van der Waals surface area contributed by atoms with Gasteiger partial charge in [0.1, 0.15) is 17.3 Å². The Morgan fingerprint density at radius 3 is 2.41 bits per heavy atom. The molecule has 4 nitrogen and oxygen atoms in total. The number of carbonyl (C=O) groups is 1. The molecular formula is C29H32FNO3. The number of methoxy groups -OCH3 is 2. The van der Waals surface area contributed by atoms with Crippen LogP contribution in [0.4, 0.5) is 4.39 Å². The highest BCUT2D eigenvalue weighted by molar-refractivity contribution is 5.97. The second kappa shape index (κ2) is 11.3. The average molecular weight is 462 g/mol. The zero-order valence-electron chi connectivity index (χ0n) is 19.9. The number of halogens is 1. The fourth-order valence-corrected chi connectivity index (χ4v) is 4.90. The summed E-state index contributed by atoms with van der Waals surface area (Å²) in [7, 11) is 3.40. The minimum atomic E-state index is -0.315. The Kier molecular flexibility index (Phi) is 7.96. The molecule has 4 rings (SSSR count). The number of piperidine rings is 1. The zero-order valence-corrected chi connectivity index (χ0v) is 19.9. The number of para-hydroxylation sites is 1. The van der Waals surface area contributed by atoms with E-state index in [1.54, 1.807) is 26.4 Å². The summed E-state index contributed by atoms with van der Waals surface area (Å²) in [6.07, 6.45) is 2.49. The summed E-state index contributed by atoms with van der Waals surface area (Å²) in [5, 5.41) is 0. The highest BCUT2D eigenvalue weighted by atomic mass is 19.1. The summed E-state index contributed by atoms with van der Waals surface area (Å²) in [6.45, 7) is 2.61. The summed E-state index contributed by atoms with van der Waals surface area (Å²) in [6, 6.07) is 22.3. The maximum Gasteiger partial charge on any atom is 0.166 e. The topological polar surface area (TPSA) is 38.8 Å². The number of hydrogen-bond acceptors (Lipinski definition) is 4. The van der Waals surface area contributed by atoms with Crippen LogP contribution in [0.25, 0.3) is 0 Å². The molecule has 1 aliphatic rings. The molecule has 1 unspecified atom stereocenters. The van der Waals surface area contributed by atoms with Crippen LogP contribution in [0, 0.1) is 11.7 Å². The number of rotatable bonds is 9. The van der Waals surface area contributed by atoms with Gasteiger partial charge in [-0.3, -0.25) is 4.79 Å². The van der Waals surface area contributed by atoms with Crippen LogP contribution in [0.5, 0.6) is 11.5 Å². The first-order chi connectivity index (χ1) is 16.6. The van der Waals surface area contributed by atoms with Crippen molar-refractivity contribution in [2.45, 2.75) is 25.2 Å². The smallest absolute Gasteiger partial charge is 0.166 e. The monoisotopic (exact) mass is 461 g/mol. The fourth-order valence-electron chi connectivity index (χ4n) is 4.90. The van der Waals surface area contributed by atoms with Gasteiger partial charge in [-0.2, -0.15) is 0 Å². The summed E-state index contributed by atoms with van der Waals surface area (Å²) in [5.41, 5.74) is 3.01. The van der Waals surface area contributed by atoms with Crippen LogP contribution in [-0.4, -0.2) is 44.5 Å². The Morgan fingerprint density at radius 2 is 1.71 bits per heavy atom. The van der Waals surface area contributed by atoms with Crippen LogP contribution < -0.4 is 9.47 Å². The normalized spacial score (nSPS) is 15.6. The summed E-state index contributed by atoms with van der Waals surface area (Å²) < 4.78 is 24.3. The minimum absolute atomic E-state index is 0.00944. The zero-order chi connectivity index (χ0) is 23.9. The quantitative estimate of drug-likeness (QED) is 0.380. The van der Waals surface area contributed by atoms with Gasteiger partial charge in [0.15, 0.2) is 5.78 Å². The van der Waals surface area contributed by atoms with Gasteiger partial charge < -0.3 is 14.4 Å². The second-order valence-corrected chi connectivity index (χ2v) is 8.94. The van der Waals surface area contributed by atoms with Gasteiger partial charge in [-0.15, -0.1) is 0 Å². The van der Waals surface area contributed by atoms with E-state index < -0.39 is 0 Å². The van der Waals surface area contributed by atoms with Gasteiger partial charge in [-0.05, 0) is 85.9 Å². The fraction of sp³-hybridized carbons (Fsp3) is 0.345. The van der Waals surface area contributed by atoms with E-state index in [9.17, 15) is 9.18 Å². The lowest BCUT2D eigenvalue weighted by Crippen LogP contribution is -2.39. The lowest BCUT2D eigenvalue weighted by atomic mass is 9.87. The standard InChI is InChI=1S/C29H32FNO3/c1-33-26-7-5-6-21(19-26)18-24(27-8-3-4-9-28(27)34-2)20-31-16-14-23(15-17-31)29(32)22-10-12-25(30)13-11-22/h3-13,19,23-24H,14-18,20H2,1-2H3. The predicted molar refractivity (Wildman–Crippen MR) is 132 cm³/mol. The Morgan fingerprint density at radius 1 is 0.971 bits per heavy atom. The van der Waals surface area contributed by atoms with E-state index in [4.69, 9.17) is 9.47 Å². The number of likely N-dealkylation sites (tertiary alicyclic amines) is 1. The van der Waals surface area contributed by atoms with Gasteiger partial charge >= 0.3 is 0 Å². The van der Waals surface area contributed by atoms with Gasteiger partial charge in [0.2, 0.25) is 0 Å². The van der Waals surface area contributed by atoms with E-state index in [0.29, 0.717) is 5.56 Å². The SMILES string of the molecule is COc1cccc(CC(CN2CCC(C(=O)c3ccc(F)cc3)CC2)c2ccccc2OC)c1. The Bertz CT molecular complexity index is 1090. The third kappa shape index (κ3) is 5.84. The Labute approximate surface area is 201 Å². The van der Waals surface area contributed by atoms with Crippen molar-refractivity contribution in [3.05, 3.63) is 95.3 Å². The molecule has 1 aliphatic heterocycles. The van der Waals surface area contributed by atoms with Crippen molar-refractivity contribution in [3.8, 4) is 11.5 Å². The molecule has 3 aromatic carbocycles. The van der Waals surface area contributed by atoms with Crippen molar-refractivity contribution in [1.82, 2.24) is 4.90 Å². The van der Waals surface area contributed by atoms with Gasteiger partial charge in [0, 0.05) is 23.9 Å². The predicted octanol–water partition coefficient (Wildman–Crippen LogP) is 5.76. The molecule has 0 N–H and O–H groups in total. The molecule has 1 heterocycles. The third-order valence-corrected chi connectivity index (χ3v) is 6.76. The second-order valence-electron chi connectivity index (χ2n) is 8.94. The molecule has 1 saturated heterocycles. The molecular weight excluding hydrogens is 429 g/mol. The highest BCUT2D eigenvalue weighted by Crippen LogP contribution is 2.32. The van der Waals surface area contributed by atoms with E-state index >= 15 is 0 Å². The van der Waals surface area contributed by atoms with Crippen LogP contribution in [0.2, 0.25) is 0 Å². The molecule has 5 heteroatoms. The lowest BCUT2D eigenvalue weighted by molar-refractivity contribution is 0.0835. The first-order valence-corrected chi connectivity index (χ1v) is 11.9. The van der Waals surface area contributed by atoms with Crippen LogP contribution in [0.3, 0.4) is 0 Å². The first kappa shape index (κ1) is 24.0. The number of nitrogens with zero attached hydrogens (tertiary/aromatic N) is 1. The van der Waals surface area contributed by atoms with Gasteiger partial charge in [-0.25, -0.2) is 4.39 Å². The molecule has 0 bridgehead atoms. The summed E-state index contributed by atoms with van der Waals surface area (Å²) in [5.74, 6) is 1.80. The molecule has 34 heavy (non-hydrogen) atoms. The molecule has 0 aromatic heterocycles. The molecule has 0 radical (unpaired) electrons. The van der Waals surface area contributed by atoms with Gasteiger partial charge in [0.05, 0.1) is 14.2 Å². The molecule has 0 saturated carbocycles. The van der Waals surface area contributed by atoms with Crippen molar-refractivity contribution < 1.29 is 18.7 Å². The summed E-state index contributed by atoms with van der Waals surface area (Å²) >= 11 is 0. The van der Waals surface area contributed by atoms with Crippen molar-refractivity contribution in [3.63, 3.8) is 0 Å². The first-order valence-electron chi connectivity index (χ1n) is 11.9. The largest absolute Gasteiger partial charge is 0.497 e. The molecule has 0 aliphatic carbocycles. The van der Waals surface area contributed by atoms with Crippen LogP contribution in [0.1, 0.15) is 40.2 Å². The van der Waals surface area contributed by atoms with E-state index in [-0.39, 0.29) is 23.4 Å². The number of carbonyl (C=O) groups excluding carboxylic acids is 1. The number of ether oxygens (including phenoxy) is 2. The van der Waals surface area contributed by atoms with E-state index in [2.05, 4.69) is 29.2 Å². The Balaban J connectivity index is 1.46. The molecule has 0 spiro atoms. The number of Topliss-reactive ketones (excluding diaryl/α,β-unsaturated/α-hetero) is 1. The van der Waals surface area contributed by atoms with E-state index in [1.165, 1.54) is 23.3 Å². The average Bonchev–Trinajstić information content (AvgIpc) is 2.89. The maximum absolute atomic E-state index is 13.2. The van der Waals surface area contributed by atoms with Crippen LogP contribution in [0.15, 0.2) is 72.8 Å². The summed E-state index contributed by atoms with van der Waals surface area (Å²) in [4.78, 5) is 15.3. The van der Waals surface area contributed by atoms with Crippen molar-refractivity contribution in [2.75, 3.05) is 33.9 Å².